The number of nitro groups is 1. The number of likely N-dealkylation sites (tertiary alicyclic amines) is 1. The molecule has 2 rings (SSSR count). The molecule has 8 heteroatoms. The molecule has 1 aliphatic heterocycles. The third-order valence-corrected chi connectivity index (χ3v) is 3.98. The maximum atomic E-state index is 12.0. The number of benzene rings is 1. The standard InChI is InChI=1S/C14H18ClN3O4/c15-12-6-11(18(21)22)3-4-13(12)16-14(20)8-17-5-1-2-10(7-17)9-19/h3-4,6,10,19H,1-2,5,7-9H2,(H,16,20). The van der Waals surface area contributed by atoms with Crippen molar-refractivity contribution in [3.05, 3.63) is 33.3 Å². The SMILES string of the molecule is O=C(CN1CCCC(CO)C1)Nc1ccc([N+](=O)[O-])cc1Cl. The van der Waals surface area contributed by atoms with Crippen molar-refractivity contribution in [1.29, 1.82) is 0 Å². The second kappa shape index (κ2) is 7.53. The molecule has 2 N–H and O–H groups in total. The van der Waals surface area contributed by atoms with Crippen molar-refractivity contribution in [1.82, 2.24) is 4.90 Å². The van der Waals surface area contributed by atoms with E-state index in [9.17, 15) is 20.0 Å². The van der Waals surface area contributed by atoms with E-state index in [0.29, 0.717) is 12.2 Å². The number of anilines is 1. The fourth-order valence-corrected chi connectivity index (χ4v) is 2.78. The van der Waals surface area contributed by atoms with Gasteiger partial charge in [-0.25, -0.2) is 0 Å². The van der Waals surface area contributed by atoms with Crippen LogP contribution in [0.5, 0.6) is 0 Å². The van der Waals surface area contributed by atoms with Crippen molar-refractivity contribution in [2.24, 2.45) is 5.92 Å². The van der Waals surface area contributed by atoms with Crippen LogP contribution in [0.3, 0.4) is 0 Å². The zero-order chi connectivity index (χ0) is 16.1. The van der Waals surface area contributed by atoms with Gasteiger partial charge in [0.2, 0.25) is 5.91 Å². The summed E-state index contributed by atoms with van der Waals surface area (Å²) in [7, 11) is 0. The zero-order valence-corrected chi connectivity index (χ0v) is 12.8. The van der Waals surface area contributed by atoms with Crippen LogP contribution in [-0.4, -0.2) is 47.1 Å². The normalized spacial score (nSPS) is 18.9. The Morgan fingerprint density at radius 1 is 1.55 bits per heavy atom. The van der Waals surface area contributed by atoms with Gasteiger partial charge in [0.05, 0.1) is 22.2 Å². The minimum absolute atomic E-state index is 0.121. The molecule has 1 aromatic rings. The van der Waals surface area contributed by atoms with Crippen molar-refractivity contribution < 1.29 is 14.8 Å². The molecule has 7 nitrogen and oxygen atoms in total. The van der Waals surface area contributed by atoms with Gasteiger partial charge in [0, 0.05) is 25.3 Å². The summed E-state index contributed by atoms with van der Waals surface area (Å²) in [4.78, 5) is 24.1. The zero-order valence-electron chi connectivity index (χ0n) is 12.0. The number of hydrogen-bond donors (Lipinski definition) is 2. The lowest BCUT2D eigenvalue weighted by Crippen LogP contribution is -2.41. The summed E-state index contributed by atoms with van der Waals surface area (Å²) in [6, 6.07) is 3.93. The summed E-state index contributed by atoms with van der Waals surface area (Å²) < 4.78 is 0. The molecule has 1 unspecified atom stereocenters. The Labute approximate surface area is 133 Å². The molecule has 1 fully saturated rings. The number of nitrogens with zero attached hydrogens (tertiary/aromatic N) is 2. The molecule has 0 radical (unpaired) electrons. The first kappa shape index (κ1) is 16.7. The molecule has 1 heterocycles. The lowest BCUT2D eigenvalue weighted by Gasteiger charge is -2.31. The number of aliphatic hydroxyl groups excluding tert-OH is 1. The molecular weight excluding hydrogens is 310 g/mol. The maximum absolute atomic E-state index is 12.0. The Bertz CT molecular complexity index is 567. The molecule has 1 aromatic carbocycles. The largest absolute Gasteiger partial charge is 0.396 e. The predicted molar refractivity (Wildman–Crippen MR) is 83.0 cm³/mol. The van der Waals surface area contributed by atoms with Crippen LogP contribution in [0.1, 0.15) is 12.8 Å². The van der Waals surface area contributed by atoms with E-state index in [0.717, 1.165) is 19.4 Å². The van der Waals surface area contributed by atoms with Crippen molar-refractivity contribution in [3.63, 3.8) is 0 Å². The number of hydrogen-bond acceptors (Lipinski definition) is 5. The molecule has 1 aliphatic rings. The Hall–Kier alpha value is -1.70. The van der Waals surface area contributed by atoms with Crippen LogP contribution in [-0.2, 0) is 4.79 Å². The molecule has 0 bridgehead atoms. The number of rotatable bonds is 5. The van der Waals surface area contributed by atoms with Crippen molar-refractivity contribution in [2.45, 2.75) is 12.8 Å². The van der Waals surface area contributed by atoms with E-state index in [-0.39, 0.29) is 35.7 Å². The van der Waals surface area contributed by atoms with Crippen LogP contribution in [0.25, 0.3) is 0 Å². The summed E-state index contributed by atoms with van der Waals surface area (Å²) in [6.07, 6.45) is 1.93. The van der Waals surface area contributed by atoms with Gasteiger partial charge >= 0.3 is 0 Å². The number of nitrogens with one attached hydrogen (secondary N) is 1. The number of aliphatic hydroxyl groups is 1. The number of non-ortho nitro benzene ring substituents is 1. The second-order valence-corrected chi connectivity index (χ2v) is 5.80. The highest BCUT2D eigenvalue weighted by Gasteiger charge is 2.21. The fraction of sp³-hybridized carbons (Fsp3) is 0.500. The monoisotopic (exact) mass is 327 g/mol. The number of nitro benzene ring substituents is 1. The summed E-state index contributed by atoms with van der Waals surface area (Å²) in [5.41, 5.74) is 0.234. The first-order valence-corrected chi connectivity index (χ1v) is 7.44. The van der Waals surface area contributed by atoms with Gasteiger partial charge in [-0.2, -0.15) is 0 Å². The lowest BCUT2D eigenvalue weighted by atomic mass is 9.99. The van der Waals surface area contributed by atoms with Crippen LogP contribution in [0.4, 0.5) is 11.4 Å². The molecule has 1 atom stereocenters. The molecular formula is C14H18ClN3O4. The molecule has 1 saturated heterocycles. The number of carbonyl (C=O) groups excluding carboxylic acids is 1. The van der Waals surface area contributed by atoms with E-state index in [1.807, 2.05) is 4.90 Å². The number of halogens is 1. The van der Waals surface area contributed by atoms with E-state index < -0.39 is 4.92 Å². The predicted octanol–water partition coefficient (Wildman–Crippen LogP) is 1.89. The Morgan fingerprint density at radius 3 is 2.95 bits per heavy atom. The first-order valence-electron chi connectivity index (χ1n) is 7.06. The van der Waals surface area contributed by atoms with E-state index >= 15 is 0 Å². The van der Waals surface area contributed by atoms with Gasteiger partial charge in [0.25, 0.3) is 5.69 Å². The molecule has 1 amide bonds. The number of carbonyl (C=O) groups is 1. The summed E-state index contributed by atoms with van der Waals surface area (Å²) in [6.45, 7) is 1.85. The smallest absolute Gasteiger partial charge is 0.271 e. The van der Waals surface area contributed by atoms with Gasteiger partial charge < -0.3 is 10.4 Å². The summed E-state index contributed by atoms with van der Waals surface area (Å²) >= 11 is 5.94. The average molecular weight is 328 g/mol. The second-order valence-electron chi connectivity index (χ2n) is 5.40. The summed E-state index contributed by atoms with van der Waals surface area (Å²) in [5, 5.41) is 22.6. The molecule has 0 aliphatic carbocycles. The van der Waals surface area contributed by atoms with E-state index in [1.54, 1.807) is 0 Å². The van der Waals surface area contributed by atoms with Crippen LogP contribution in [0.15, 0.2) is 18.2 Å². The van der Waals surface area contributed by atoms with Gasteiger partial charge in [-0.05, 0) is 31.4 Å². The Kier molecular flexibility index (Phi) is 5.70. The lowest BCUT2D eigenvalue weighted by molar-refractivity contribution is -0.384. The Balaban J connectivity index is 1.93. The van der Waals surface area contributed by atoms with Gasteiger partial charge in [-0.1, -0.05) is 11.6 Å². The van der Waals surface area contributed by atoms with Crippen molar-refractivity contribution >= 4 is 28.9 Å². The first-order chi connectivity index (χ1) is 10.5. The van der Waals surface area contributed by atoms with Gasteiger partial charge in [-0.15, -0.1) is 0 Å². The summed E-state index contributed by atoms with van der Waals surface area (Å²) in [5.74, 6) is -0.0149. The molecule has 0 aromatic heterocycles. The third kappa shape index (κ3) is 4.40. The van der Waals surface area contributed by atoms with E-state index in [2.05, 4.69) is 5.32 Å². The Morgan fingerprint density at radius 2 is 2.32 bits per heavy atom. The highest BCUT2D eigenvalue weighted by Crippen LogP contribution is 2.26. The van der Waals surface area contributed by atoms with Crippen LogP contribution < -0.4 is 5.32 Å². The molecule has 0 spiro atoms. The van der Waals surface area contributed by atoms with Crippen molar-refractivity contribution in [3.8, 4) is 0 Å². The van der Waals surface area contributed by atoms with Crippen LogP contribution in [0, 0.1) is 16.0 Å². The highest BCUT2D eigenvalue weighted by molar-refractivity contribution is 6.34. The van der Waals surface area contributed by atoms with Crippen LogP contribution in [0.2, 0.25) is 5.02 Å². The quantitative estimate of drug-likeness (QED) is 0.636. The van der Waals surface area contributed by atoms with Gasteiger partial charge in [0.15, 0.2) is 0 Å². The highest BCUT2D eigenvalue weighted by atomic mass is 35.5. The number of piperidine rings is 1. The van der Waals surface area contributed by atoms with Crippen molar-refractivity contribution in [2.75, 3.05) is 31.6 Å². The van der Waals surface area contributed by atoms with E-state index in [1.165, 1.54) is 18.2 Å². The average Bonchev–Trinajstić information content (AvgIpc) is 2.49. The van der Waals surface area contributed by atoms with Gasteiger partial charge in [-0.3, -0.25) is 19.8 Å². The molecule has 0 saturated carbocycles. The number of amides is 1. The van der Waals surface area contributed by atoms with Gasteiger partial charge in [0.1, 0.15) is 0 Å². The topological polar surface area (TPSA) is 95.7 Å². The maximum Gasteiger partial charge on any atom is 0.271 e. The molecule has 22 heavy (non-hydrogen) atoms. The fourth-order valence-electron chi connectivity index (χ4n) is 2.56. The minimum atomic E-state index is -0.541. The van der Waals surface area contributed by atoms with Crippen LogP contribution >= 0.6 is 11.6 Å². The minimum Gasteiger partial charge on any atom is -0.396 e. The molecule has 120 valence electrons. The third-order valence-electron chi connectivity index (χ3n) is 3.67. The van der Waals surface area contributed by atoms with E-state index in [4.69, 9.17) is 11.6 Å².